The Morgan fingerprint density at radius 1 is 0.375 bits per heavy atom. The highest BCUT2D eigenvalue weighted by molar-refractivity contribution is 7.00. The van der Waals surface area contributed by atoms with Crippen LogP contribution in [0.15, 0.2) is 200 Å². The van der Waals surface area contributed by atoms with Crippen LogP contribution >= 0.6 is 0 Å². The largest absolute Gasteiger partial charge is 0.458 e. The fourth-order valence-corrected chi connectivity index (χ4v) is 9.55. The third-order valence-corrected chi connectivity index (χ3v) is 11.8. The third-order valence-electron chi connectivity index (χ3n) is 11.8. The highest BCUT2D eigenvalue weighted by Gasteiger charge is 2.43. The van der Waals surface area contributed by atoms with Crippen LogP contribution in [-0.2, 0) is 0 Å². The third kappa shape index (κ3) is 4.47. The lowest BCUT2D eigenvalue weighted by molar-refractivity contribution is 0.488. The Morgan fingerprint density at radius 3 is 1.52 bits per heavy atom. The van der Waals surface area contributed by atoms with Gasteiger partial charge in [-0.3, -0.25) is 0 Å². The molecule has 0 radical (unpaired) electrons. The Labute approximate surface area is 325 Å². The van der Waals surface area contributed by atoms with Crippen LogP contribution in [0.2, 0.25) is 0 Å². The van der Waals surface area contributed by atoms with Crippen molar-refractivity contribution in [3.05, 3.63) is 200 Å². The van der Waals surface area contributed by atoms with E-state index in [0.29, 0.717) is 0 Å². The summed E-state index contributed by atoms with van der Waals surface area (Å²) in [7, 11) is 0. The molecule has 12 rings (SSSR count). The van der Waals surface area contributed by atoms with E-state index in [1.165, 1.54) is 65.2 Å². The predicted molar refractivity (Wildman–Crippen MR) is 237 cm³/mol. The number of nitrogens with zero attached hydrogens (tertiary/aromatic N) is 2. The van der Waals surface area contributed by atoms with Crippen molar-refractivity contribution in [3.8, 4) is 11.5 Å². The van der Waals surface area contributed by atoms with Gasteiger partial charge in [0.2, 0.25) is 0 Å². The van der Waals surface area contributed by atoms with Crippen LogP contribution in [0.5, 0.6) is 11.5 Å². The molecule has 0 unspecified atom stereocenters. The molecular formula is C52H33BN2O. The van der Waals surface area contributed by atoms with Gasteiger partial charge in [-0.1, -0.05) is 140 Å². The Balaban J connectivity index is 1.20. The van der Waals surface area contributed by atoms with Gasteiger partial charge in [0, 0.05) is 39.9 Å². The van der Waals surface area contributed by atoms with E-state index in [4.69, 9.17) is 4.74 Å². The van der Waals surface area contributed by atoms with Gasteiger partial charge >= 0.3 is 0 Å². The van der Waals surface area contributed by atoms with Crippen molar-refractivity contribution in [2.24, 2.45) is 0 Å². The second-order valence-electron chi connectivity index (χ2n) is 14.8. The first-order valence-corrected chi connectivity index (χ1v) is 19.3. The van der Waals surface area contributed by atoms with Crippen LogP contribution < -0.4 is 30.9 Å². The predicted octanol–water partition coefficient (Wildman–Crippen LogP) is 12.2. The van der Waals surface area contributed by atoms with Gasteiger partial charge in [0.25, 0.3) is 6.71 Å². The van der Waals surface area contributed by atoms with E-state index in [-0.39, 0.29) is 6.71 Å². The summed E-state index contributed by atoms with van der Waals surface area (Å²) in [6.45, 7) is -0.0737. The fourth-order valence-electron chi connectivity index (χ4n) is 9.55. The summed E-state index contributed by atoms with van der Waals surface area (Å²) in [5.41, 5.74) is 10.4. The van der Waals surface area contributed by atoms with Crippen molar-refractivity contribution < 1.29 is 4.74 Å². The molecule has 0 spiro atoms. The average Bonchev–Trinajstić information content (AvgIpc) is 3.27. The summed E-state index contributed by atoms with van der Waals surface area (Å²) in [4.78, 5) is 4.81. The lowest BCUT2D eigenvalue weighted by atomic mass is 9.33. The SMILES string of the molecule is c1ccc(N2c3cc4c5ccccc5c5ccccc5c4cc3B3c4c(cccc42)Oc2cc(N(c4ccccc4)c4ccccc4)c4ccccc4c23)cc1. The molecule has 0 saturated heterocycles. The molecule has 2 aliphatic rings. The molecule has 0 aliphatic carbocycles. The smallest absolute Gasteiger partial charge is 0.257 e. The molecule has 0 fully saturated rings. The van der Waals surface area contributed by atoms with Crippen molar-refractivity contribution in [1.29, 1.82) is 0 Å². The molecule has 2 heterocycles. The molecule has 0 bridgehead atoms. The normalized spacial score (nSPS) is 12.7. The van der Waals surface area contributed by atoms with Crippen LogP contribution in [0.3, 0.4) is 0 Å². The first-order valence-electron chi connectivity index (χ1n) is 19.3. The quantitative estimate of drug-likeness (QED) is 0.133. The number of anilines is 6. The van der Waals surface area contributed by atoms with Crippen LogP contribution in [0.1, 0.15) is 0 Å². The maximum absolute atomic E-state index is 7.16. The number of benzene rings is 10. The molecule has 0 atom stereocenters. The van der Waals surface area contributed by atoms with Gasteiger partial charge in [0.05, 0.1) is 5.69 Å². The lowest BCUT2D eigenvalue weighted by Gasteiger charge is -2.41. The van der Waals surface area contributed by atoms with Gasteiger partial charge < -0.3 is 14.5 Å². The van der Waals surface area contributed by atoms with E-state index >= 15 is 0 Å². The van der Waals surface area contributed by atoms with E-state index in [1.54, 1.807) is 0 Å². The highest BCUT2D eigenvalue weighted by atomic mass is 16.5. The van der Waals surface area contributed by atoms with Crippen molar-refractivity contribution in [3.63, 3.8) is 0 Å². The highest BCUT2D eigenvalue weighted by Crippen LogP contribution is 2.47. The Morgan fingerprint density at radius 2 is 0.893 bits per heavy atom. The van der Waals surface area contributed by atoms with Crippen LogP contribution in [0, 0.1) is 0 Å². The maximum Gasteiger partial charge on any atom is 0.257 e. The van der Waals surface area contributed by atoms with Crippen LogP contribution in [0.25, 0.3) is 43.1 Å². The topological polar surface area (TPSA) is 15.7 Å². The Bertz CT molecular complexity index is 3140. The van der Waals surface area contributed by atoms with Crippen molar-refractivity contribution in [2.45, 2.75) is 0 Å². The first-order chi connectivity index (χ1) is 27.8. The van der Waals surface area contributed by atoms with E-state index in [2.05, 4.69) is 210 Å². The number of hydrogen-bond donors (Lipinski definition) is 0. The molecule has 0 saturated carbocycles. The second kappa shape index (κ2) is 12.1. The number of ether oxygens (including phenoxy) is 1. The molecular weight excluding hydrogens is 679 g/mol. The zero-order chi connectivity index (χ0) is 36.7. The summed E-state index contributed by atoms with van der Waals surface area (Å²) in [6.07, 6.45) is 0. The van der Waals surface area contributed by atoms with Gasteiger partial charge in [-0.25, -0.2) is 0 Å². The number of hydrogen-bond acceptors (Lipinski definition) is 3. The summed E-state index contributed by atoms with van der Waals surface area (Å²) >= 11 is 0. The summed E-state index contributed by atoms with van der Waals surface area (Å²) in [5.74, 6) is 1.77. The zero-order valence-electron chi connectivity index (χ0n) is 30.4. The van der Waals surface area contributed by atoms with Crippen LogP contribution in [0.4, 0.5) is 34.1 Å². The number of para-hydroxylation sites is 3. The second-order valence-corrected chi connectivity index (χ2v) is 14.8. The molecule has 3 nitrogen and oxygen atoms in total. The van der Waals surface area contributed by atoms with Crippen molar-refractivity contribution in [2.75, 3.05) is 9.80 Å². The molecule has 0 N–H and O–H groups in total. The van der Waals surface area contributed by atoms with Gasteiger partial charge in [-0.05, 0) is 109 Å². The first kappa shape index (κ1) is 31.1. The van der Waals surface area contributed by atoms with E-state index in [9.17, 15) is 0 Å². The maximum atomic E-state index is 7.16. The molecule has 10 aromatic carbocycles. The van der Waals surface area contributed by atoms with Gasteiger partial charge in [0.1, 0.15) is 11.5 Å². The minimum absolute atomic E-state index is 0.0737. The number of fused-ring (bicyclic) bond motifs is 12. The van der Waals surface area contributed by atoms with Gasteiger partial charge in [-0.2, -0.15) is 0 Å². The monoisotopic (exact) mass is 712 g/mol. The standard InChI is InChI=1S/C52H33BN2O/c1-4-17-34(18-5-1)54(35-19-6-2-7-20-35)47-33-50-51(42-28-15-14-27-41(42)47)53-45-31-43-39-25-12-10-23-37(39)38-24-11-13-26-40(38)44(43)32-48(45)55(36-21-8-3-9-22-36)46-29-16-30-49(56-50)52(46)53/h1-33H. The van der Waals surface area contributed by atoms with Crippen LogP contribution in [-0.4, -0.2) is 6.71 Å². The Kier molecular flexibility index (Phi) is 6.72. The minimum atomic E-state index is -0.0737. The molecule has 2 aliphatic heterocycles. The number of rotatable bonds is 4. The van der Waals surface area contributed by atoms with Crippen molar-refractivity contribution >= 4 is 100 Å². The van der Waals surface area contributed by atoms with Gasteiger partial charge in [0.15, 0.2) is 0 Å². The van der Waals surface area contributed by atoms with Gasteiger partial charge in [-0.15, -0.1) is 0 Å². The minimum Gasteiger partial charge on any atom is -0.458 e. The Hall–Kier alpha value is -7.30. The lowest BCUT2D eigenvalue weighted by Crippen LogP contribution is -2.59. The molecule has 10 aromatic rings. The molecule has 260 valence electrons. The fraction of sp³-hybridized carbons (Fsp3) is 0. The van der Waals surface area contributed by atoms with E-state index in [1.807, 2.05) is 0 Å². The average molecular weight is 713 g/mol. The summed E-state index contributed by atoms with van der Waals surface area (Å²) in [6, 6.07) is 72.5. The zero-order valence-corrected chi connectivity index (χ0v) is 30.4. The molecule has 0 aromatic heterocycles. The molecule has 4 heteroatoms. The summed E-state index contributed by atoms with van der Waals surface area (Å²) in [5, 5.41) is 9.96. The molecule has 0 amide bonds. The summed E-state index contributed by atoms with van der Waals surface area (Å²) < 4.78 is 7.16. The molecule has 56 heavy (non-hydrogen) atoms. The van der Waals surface area contributed by atoms with Crippen molar-refractivity contribution in [1.82, 2.24) is 0 Å². The van der Waals surface area contributed by atoms with E-state index < -0.39 is 0 Å². The van der Waals surface area contributed by atoms with E-state index in [0.717, 1.165) is 39.9 Å².